The molecule has 4 aromatic rings. The second-order valence-corrected chi connectivity index (χ2v) is 14.0. The molecule has 43 heavy (non-hydrogen) atoms. The summed E-state index contributed by atoms with van der Waals surface area (Å²) in [5.41, 5.74) is 2.96. The van der Waals surface area contributed by atoms with Gasteiger partial charge in [0.2, 0.25) is 5.91 Å². The van der Waals surface area contributed by atoms with Gasteiger partial charge in [0.25, 0.3) is 20.0 Å². The molecule has 226 valence electrons. The molecule has 9 nitrogen and oxygen atoms in total. The Labute approximate surface area is 257 Å². The molecule has 0 aliphatic rings. The fraction of sp³-hybridized carbons (Fsp3) is 0.194. The van der Waals surface area contributed by atoms with Crippen LogP contribution in [0.15, 0.2) is 106 Å². The maximum absolute atomic E-state index is 13.8. The molecule has 4 rings (SSSR count). The minimum absolute atomic E-state index is 0.00672. The minimum atomic E-state index is -4.17. The van der Waals surface area contributed by atoms with E-state index in [2.05, 4.69) is 10.0 Å². The lowest BCUT2D eigenvalue weighted by Gasteiger charge is -2.26. The van der Waals surface area contributed by atoms with Crippen LogP contribution in [0.5, 0.6) is 5.75 Å². The average molecular weight is 640 g/mol. The number of hydrogen-bond donors (Lipinski definition) is 2. The Morgan fingerprint density at radius 3 is 2.07 bits per heavy atom. The van der Waals surface area contributed by atoms with Gasteiger partial charge in [-0.25, -0.2) is 16.8 Å². The molecule has 2 N–H and O–H groups in total. The van der Waals surface area contributed by atoms with Crippen LogP contribution in [0.2, 0.25) is 0 Å². The van der Waals surface area contributed by atoms with Gasteiger partial charge in [0.05, 0.1) is 22.1 Å². The molecule has 0 atom stereocenters. The van der Waals surface area contributed by atoms with Crippen LogP contribution < -0.4 is 19.1 Å². The number of nitrogens with zero attached hydrogens (tertiary/aromatic N) is 1. The molecule has 0 saturated heterocycles. The van der Waals surface area contributed by atoms with Gasteiger partial charge < -0.3 is 10.1 Å². The molecule has 0 spiro atoms. The van der Waals surface area contributed by atoms with Gasteiger partial charge in [-0.05, 0) is 111 Å². The molecule has 1 amide bonds. The standard InChI is InChI=1S/C31H33N3O6S3/c1-5-40-30-9-7-6-8-29(30)34(43(38,39)28-18-14-26(41-4)15-19-28)21-31(35)32-24-12-16-27(17-13-24)42(36,37)33-25-11-10-22(2)23(3)20-25/h6-20,33H,5,21H2,1-4H3,(H,32,35). The molecule has 0 fully saturated rings. The van der Waals surface area contributed by atoms with Crippen molar-refractivity contribution in [1.29, 1.82) is 0 Å². The predicted molar refractivity (Wildman–Crippen MR) is 172 cm³/mol. The van der Waals surface area contributed by atoms with Gasteiger partial charge in [-0.3, -0.25) is 13.8 Å². The van der Waals surface area contributed by atoms with Crippen molar-refractivity contribution >= 4 is 54.8 Å². The van der Waals surface area contributed by atoms with Crippen LogP contribution >= 0.6 is 11.8 Å². The molecule has 0 heterocycles. The van der Waals surface area contributed by atoms with Gasteiger partial charge in [0, 0.05) is 16.3 Å². The summed E-state index contributed by atoms with van der Waals surface area (Å²) in [7, 11) is -8.05. The number of amides is 1. The third-order valence-corrected chi connectivity index (χ3v) is 10.5. The average Bonchev–Trinajstić information content (AvgIpc) is 2.98. The van der Waals surface area contributed by atoms with Crippen molar-refractivity contribution in [2.75, 3.05) is 33.8 Å². The number of para-hydroxylation sites is 2. The second kappa shape index (κ2) is 13.5. The van der Waals surface area contributed by atoms with Crippen LogP contribution in [0.4, 0.5) is 17.1 Å². The van der Waals surface area contributed by atoms with Crippen molar-refractivity contribution in [3.8, 4) is 5.75 Å². The first-order valence-electron chi connectivity index (χ1n) is 13.3. The van der Waals surface area contributed by atoms with E-state index in [1.165, 1.54) is 48.2 Å². The number of ether oxygens (including phenoxy) is 1. The van der Waals surface area contributed by atoms with Crippen molar-refractivity contribution < 1.29 is 26.4 Å². The van der Waals surface area contributed by atoms with Gasteiger partial charge in [0.15, 0.2) is 0 Å². The molecule has 0 unspecified atom stereocenters. The van der Waals surface area contributed by atoms with E-state index in [0.29, 0.717) is 23.7 Å². The molecule has 0 saturated carbocycles. The molecule has 4 aromatic carbocycles. The van der Waals surface area contributed by atoms with Crippen LogP contribution in [0.1, 0.15) is 18.1 Å². The summed E-state index contributed by atoms with van der Waals surface area (Å²) >= 11 is 1.48. The highest BCUT2D eigenvalue weighted by Gasteiger charge is 2.29. The number of hydrogen-bond acceptors (Lipinski definition) is 7. The van der Waals surface area contributed by atoms with Crippen molar-refractivity contribution in [2.24, 2.45) is 0 Å². The Morgan fingerprint density at radius 1 is 0.814 bits per heavy atom. The topological polar surface area (TPSA) is 122 Å². The van der Waals surface area contributed by atoms with Gasteiger partial charge in [-0.15, -0.1) is 11.8 Å². The zero-order valence-corrected chi connectivity index (χ0v) is 26.6. The smallest absolute Gasteiger partial charge is 0.264 e. The second-order valence-electron chi connectivity index (χ2n) is 9.57. The number of thioether (sulfide) groups is 1. The molecule has 0 radical (unpaired) electrons. The molecule has 12 heteroatoms. The van der Waals surface area contributed by atoms with Crippen LogP contribution in [-0.4, -0.2) is 42.2 Å². The highest BCUT2D eigenvalue weighted by molar-refractivity contribution is 7.98. The van der Waals surface area contributed by atoms with E-state index in [9.17, 15) is 21.6 Å². The first-order chi connectivity index (χ1) is 20.4. The Bertz CT molecular complexity index is 1810. The summed E-state index contributed by atoms with van der Waals surface area (Å²) in [6.07, 6.45) is 1.89. The fourth-order valence-electron chi connectivity index (χ4n) is 4.18. The van der Waals surface area contributed by atoms with E-state index in [-0.39, 0.29) is 15.5 Å². The van der Waals surface area contributed by atoms with Gasteiger partial charge in [-0.1, -0.05) is 18.2 Å². The maximum Gasteiger partial charge on any atom is 0.264 e. The molecular formula is C31H33N3O6S3. The van der Waals surface area contributed by atoms with Crippen molar-refractivity contribution in [2.45, 2.75) is 35.5 Å². The Hall–Kier alpha value is -4.00. The van der Waals surface area contributed by atoms with E-state index >= 15 is 0 Å². The first-order valence-corrected chi connectivity index (χ1v) is 17.5. The summed E-state index contributed by atoms with van der Waals surface area (Å²) in [4.78, 5) is 14.2. The Balaban J connectivity index is 1.57. The van der Waals surface area contributed by atoms with E-state index < -0.39 is 32.5 Å². The van der Waals surface area contributed by atoms with Crippen LogP contribution in [0, 0.1) is 13.8 Å². The number of benzene rings is 4. The molecule has 0 aromatic heterocycles. The number of carbonyl (C=O) groups is 1. The number of aryl methyl sites for hydroxylation is 2. The van der Waals surface area contributed by atoms with Crippen LogP contribution in [0.25, 0.3) is 0 Å². The number of carbonyl (C=O) groups excluding carboxylic acids is 1. The minimum Gasteiger partial charge on any atom is -0.492 e. The maximum atomic E-state index is 13.8. The van der Waals surface area contributed by atoms with Crippen LogP contribution in [0.3, 0.4) is 0 Å². The lowest BCUT2D eigenvalue weighted by atomic mass is 10.1. The van der Waals surface area contributed by atoms with Crippen molar-refractivity contribution in [3.05, 3.63) is 102 Å². The zero-order valence-electron chi connectivity index (χ0n) is 24.2. The van der Waals surface area contributed by atoms with Crippen molar-refractivity contribution in [1.82, 2.24) is 0 Å². The monoisotopic (exact) mass is 639 g/mol. The third-order valence-electron chi connectivity index (χ3n) is 6.58. The summed E-state index contributed by atoms with van der Waals surface area (Å²) in [5, 5.41) is 2.67. The normalized spacial score (nSPS) is 11.5. The SMILES string of the molecule is CCOc1ccccc1N(CC(=O)Nc1ccc(S(=O)(=O)Nc2ccc(C)c(C)c2)cc1)S(=O)(=O)c1ccc(SC)cc1. The van der Waals surface area contributed by atoms with Crippen molar-refractivity contribution in [3.63, 3.8) is 0 Å². The summed E-state index contributed by atoms with van der Waals surface area (Å²) in [5.74, 6) is -0.313. The van der Waals surface area contributed by atoms with E-state index in [1.54, 1.807) is 55.5 Å². The Morgan fingerprint density at radius 2 is 1.44 bits per heavy atom. The van der Waals surface area contributed by atoms with E-state index in [4.69, 9.17) is 4.74 Å². The number of anilines is 3. The van der Waals surface area contributed by atoms with E-state index in [1.807, 2.05) is 26.2 Å². The fourth-order valence-corrected chi connectivity index (χ4v) is 7.07. The quantitative estimate of drug-likeness (QED) is 0.181. The Kier molecular flexibility index (Phi) is 10.0. The molecular weight excluding hydrogens is 607 g/mol. The lowest BCUT2D eigenvalue weighted by molar-refractivity contribution is -0.114. The molecule has 0 bridgehead atoms. The predicted octanol–water partition coefficient (Wildman–Crippen LogP) is 6.06. The molecule has 0 aliphatic carbocycles. The summed E-state index contributed by atoms with van der Waals surface area (Å²) in [6, 6.07) is 23.9. The van der Waals surface area contributed by atoms with Gasteiger partial charge in [0.1, 0.15) is 12.3 Å². The van der Waals surface area contributed by atoms with Gasteiger partial charge >= 0.3 is 0 Å². The third kappa shape index (κ3) is 7.70. The first kappa shape index (κ1) is 31.9. The van der Waals surface area contributed by atoms with E-state index in [0.717, 1.165) is 20.3 Å². The zero-order chi connectivity index (χ0) is 31.2. The highest BCUT2D eigenvalue weighted by atomic mass is 32.2. The largest absolute Gasteiger partial charge is 0.492 e. The number of rotatable bonds is 12. The van der Waals surface area contributed by atoms with Gasteiger partial charge in [-0.2, -0.15) is 0 Å². The van der Waals surface area contributed by atoms with Crippen LogP contribution in [-0.2, 0) is 24.8 Å². The lowest BCUT2D eigenvalue weighted by Crippen LogP contribution is -2.38. The summed E-state index contributed by atoms with van der Waals surface area (Å²) in [6.45, 7) is 5.37. The summed E-state index contributed by atoms with van der Waals surface area (Å²) < 4.78 is 62.8. The number of sulfonamides is 2. The number of nitrogens with one attached hydrogen (secondary N) is 2. The highest BCUT2D eigenvalue weighted by Crippen LogP contribution is 2.33. The molecule has 0 aliphatic heterocycles.